The monoisotopic (exact) mass is 707 g/mol. The van der Waals surface area contributed by atoms with Crippen molar-refractivity contribution in [1.82, 2.24) is 36.4 Å². The number of ether oxygens (including phenoxy) is 2. The maximum absolute atomic E-state index is 13.8. The van der Waals surface area contributed by atoms with E-state index in [2.05, 4.69) is 31.7 Å². The van der Waals surface area contributed by atoms with Crippen molar-refractivity contribution in [3.8, 4) is 17.2 Å². The molecule has 3 aliphatic rings. The summed E-state index contributed by atoms with van der Waals surface area (Å²) in [5.41, 5.74) is 1.26. The highest BCUT2D eigenvalue weighted by Crippen LogP contribution is 2.35. The number of hydrogen-bond acceptors (Lipinski definition) is 8. The Labute approximate surface area is 300 Å². The highest BCUT2D eigenvalue weighted by molar-refractivity contribution is 5.99. The highest BCUT2D eigenvalue weighted by Gasteiger charge is 2.51. The molecular weight excluding hydrogens is 666 g/mol. The molecule has 52 heavy (non-hydrogen) atoms. The standard InChI is InChI=1S/C38H41N7O7/c1-24-33(46)42-30(20-25-8-4-3-5-9-25)36(49)44-38(16-17-38)37(50)39-18-19-52-28-14-12-26(13-15-28)21-29(35(48)41-24)43-34(47)27-22-40-45(23-27)31-10-6-7-11-32(31)51-2/h3-15,22-24,29-30H,16-21H2,1-2H3,(H,39,50)(H,41,48)(H,42,46)(H,43,47)(H,44,49)/t24-,29-,30+/m0/s1. The van der Waals surface area contributed by atoms with Crippen LogP contribution >= 0.6 is 0 Å². The molecular formula is C38H41N7O7. The van der Waals surface area contributed by atoms with E-state index >= 15 is 0 Å². The molecule has 1 aliphatic carbocycles. The third kappa shape index (κ3) is 8.57. The van der Waals surface area contributed by atoms with Crippen molar-refractivity contribution in [2.45, 2.75) is 56.3 Å². The van der Waals surface area contributed by atoms with E-state index in [1.54, 1.807) is 36.4 Å². The van der Waals surface area contributed by atoms with E-state index in [1.165, 1.54) is 31.1 Å². The number of aromatic nitrogens is 2. The Kier molecular flexibility index (Phi) is 10.8. The summed E-state index contributed by atoms with van der Waals surface area (Å²) in [7, 11) is 1.54. The molecule has 5 N–H and O–H groups in total. The quantitative estimate of drug-likeness (QED) is 0.188. The maximum atomic E-state index is 13.8. The number of carbonyl (C=O) groups excluding carboxylic acids is 5. The van der Waals surface area contributed by atoms with Crippen LogP contribution in [-0.2, 0) is 32.0 Å². The van der Waals surface area contributed by atoms with Crippen LogP contribution in [-0.4, -0.2) is 83.2 Å². The van der Waals surface area contributed by atoms with E-state index in [4.69, 9.17) is 9.47 Å². The molecule has 14 heteroatoms. The number of hydrogen-bond donors (Lipinski definition) is 5. The second-order valence-corrected chi connectivity index (χ2v) is 12.9. The molecule has 1 saturated carbocycles. The zero-order chi connectivity index (χ0) is 36.7. The van der Waals surface area contributed by atoms with Crippen LogP contribution in [0.4, 0.5) is 0 Å². The minimum Gasteiger partial charge on any atom is -0.494 e. The summed E-state index contributed by atoms with van der Waals surface area (Å²) in [4.78, 5) is 67.6. The average molecular weight is 708 g/mol. The van der Waals surface area contributed by atoms with Crippen LogP contribution < -0.4 is 36.1 Å². The topological polar surface area (TPSA) is 182 Å². The van der Waals surface area contributed by atoms with Gasteiger partial charge in [0.25, 0.3) is 5.91 Å². The molecule has 0 radical (unpaired) electrons. The number of rotatable bonds is 6. The Morgan fingerprint density at radius 1 is 0.942 bits per heavy atom. The molecule has 1 aromatic heterocycles. The Bertz CT molecular complexity index is 1930. The third-order valence-electron chi connectivity index (χ3n) is 9.03. The third-order valence-corrected chi connectivity index (χ3v) is 9.03. The van der Waals surface area contributed by atoms with Crippen LogP contribution in [0.25, 0.3) is 5.69 Å². The van der Waals surface area contributed by atoms with Gasteiger partial charge in [0, 0.05) is 19.0 Å². The number of nitrogens with zero attached hydrogens (tertiary/aromatic N) is 2. The van der Waals surface area contributed by atoms with Gasteiger partial charge < -0.3 is 36.1 Å². The second kappa shape index (κ2) is 15.8. The summed E-state index contributed by atoms with van der Waals surface area (Å²) in [5, 5.41) is 18.3. The minimum absolute atomic E-state index is 0.0873. The number of methoxy groups -OCH3 is 1. The maximum Gasteiger partial charge on any atom is 0.255 e. The largest absolute Gasteiger partial charge is 0.494 e. The molecule has 1 spiro atoms. The van der Waals surface area contributed by atoms with Crippen molar-refractivity contribution in [3.63, 3.8) is 0 Å². The first-order chi connectivity index (χ1) is 25.1. The van der Waals surface area contributed by atoms with Crippen LogP contribution in [0.1, 0.15) is 41.3 Å². The zero-order valence-corrected chi connectivity index (χ0v) is 28.9. The van der Waals surface area contributed by atoms with Crippen molar-refractivity contribution < 1.29 is 33.4 Å². The van der Waals surface area contributed by atoms with E-state index in [-0.39, 0.29) is 37.5 Å². The SMILES string of the molecule is COc1ccccc1-n1cc(C(=O)N[C@H]2Cc3ccc(cc3)OCCNC(=O)C3(CC3)NC(=O)[C@@H](Cc3ccccc3)NC(=O)[C@H](C)NC2=O)cn1. The lowest BCUT2D eigenvalue weighted by Gasteiger charge is -2.25. The summed E-state index contributed by atoms with van der Waals surface area (Å²) in [6.07, 6.45) is 4.08. The van der Waals surface area contributed by atoms with E-state index in [9.17, 15) is 24.0 Å². The van der Waals surface area contributed by atoms with Crippen molar-refractivity contribution in [3.05, 3.63) is 108 Å². The van der Waals surface area contributed by atoms with Gasteiger partial charge >= 0.3 is 0 Å². The number of para-hydroxylation sites is 2. The van der Waals surface area contributed by atoms with Crippen molar-refractivity contribution in [2.24, 2.45) is 0 Å². The van der Waals surface area contributed by atoms with Crippen molar-refractivity contribution >= 4 is 29.5 Å². The second-order valence-electron chi connectivity index (χ2n) is 12.9. The molecule has 1 fully saturated rings. The van der Waals surface area contributed by atoms with Gasteiger partial charge in [-0.3, -0.25) is 24.0 Å². The summed E-state index contributed by atoms with van der Waals surface area (Å²) in [5.74, 6) is -1.51. The van der Waals surface area contributed by atoms with E-state index < -0.39 is 47.3 Å². The van der Waals surface area contributed by atoms with Gasteiger partial charge in [-0.25, -0.2) is 4.68 Å². The zero-order valence-electron chi connectivity index (χ0n) is 28.9. The van der Waals surface area contributed by atoms with Crippen molar-refractivity contribution in [1.29, 1.82) is 0 Å². The molecule has 0 saturated heterocycles. The molecule has 3 heterocycles. The van der Waals surface area contributed by atoms with E-state index in [0.29, 0.717) is 35.6 Å². The first-order valence-electron chi connectivity index (χ1n) is 17.1. The summed E-state index contributed by atoms with van der Waals surface area (Å²) < 4.78 is 12.7. The molecule has 5 amide bonds. The van der Waals surface area contributed by atoms with Crippen molar-refractivity contribution in [2.75, 3.05) is 20.3 Å². The molecule has 3 atom stereocenters. The molecule has 2 aliphatic heterocycles. The van der Waals surface area contributed by atoms with Crippen LogP contribution in [0.3, 0.4) is 0 Å². The molecule has 4 aromatic rings. The first-order valence-corrected chi connectivity index (χ1v) is 17.1. The smallest absolute Gasteiger partial charge is 0.255 e. The highest BCUT2D eigenvalue weighted by atomic mass is 16.5. The van der Waals surface area contributed by atoms with Gasteiger partial charge in [0.2, 0.25) is 23.6 Å². The van der Waals surface area contributed by atoms with Gasteiger partial charge in [-0.1, -0.05) is 54.6 Å². The van der Waals surface area contributed by atoms with Crippen LogP contribution in [0.15, 0.2) is 91.3 Å². The first kappa shape index (κ1) is 35.6. The summed E-state index contributed by atoms with van der Waals surface area (Å²) in [6, 6.07) is 20.2. The normalized spacial score (nSPS) is 20.8. The predicted molar refractivity (Wildman–Crippen MR) is 190 cm³/mol. The van der Waals surface area contributed by atoms with Gasteiger partial charge in [0.15, 0.2) is 0 Å². The summed E-state index contributed by atoms with van der Waals surface area (Å²) >= 11 is 0. The van der Waals surface area contributed by atoms with Gasteiger partial charge in [0.05, 0.1) is 25.4 Å². The Morgan fingerprint density at radius 2 is 1.67 bits per heavy atom. The number of carbonyl (C=O) groups is 5. The van der Waals surface area contributed by atoms with Gasteiger partial charge in [-0.2, -0.15) is 5.10 Å². The Hall–Kier alpha value is -6.18. The lowest BCUT2D eigenvalue weighted by Crippen LogP contribution is -2.59. The van der Waals surface area contributed by atoms with Crippen LogP contribution in [0.5, 0.6) is 11.5 Å². The lowest BCUT2D eigenvalue weighted by molar-refractivity contribution is -0.134. The fraction of sp³-hybridized carbons (Fsp3) is 0.316. The van der Waals surface area contributed by atoms with Crippen LogP contribution in [0.2, 0.25) is 0 Å². The minimum atomic E-state index is -1.09. The van der Waals surface area contributed by atoms with E-state index in [1.807, 2.05) is 42.5 Å². The van der Waals surface area contributed by atoms with E-state index in [0.717, 1.165) is 5.56 Å². The number of fused-ring (bicyclic) bond motifs is 15. The number of benzene rings is 3. The molecule has 2 bridgehead atoms. The summed E-state index contributed by atoms with van der Waals surface area (Å²) in [6.45, 7) is 1.89. The number of nitrogens with one attached hydrogen (secondary N) is 5. The molecule has 3 aromatic carbocycles. The molecule has 7 rings (SSSR count). The average Bonchev–Trinajstić information content (AvgIpc) is 3.77. The Morgan fingerprint density at radius 3 is 2.40 bits per heavy atom. The molecule has 0 unspecified atom stereocenters. The predicted octanol–water partition coefficient (Wildman–Crippen LogP) is 1.61. The Balaban J connectivity index is 1.23. The lowest BCUT2D eigenvalue weighted by atomic mass is 10.0. The molecule has 14 nitrogen and oxygen atoms in total. The fourth-order valence-corrected chi connectivity index (χ4v) is 5.89. The van der Waals surface area contributed by atoms with Gasteiger partial charge in [-0.15, -0.1) is 0 Å². The van der Waals surface area contributed by atoms with Crippen LogP contribution in [0, 0.1) is 0 Å². The van der Waals surface area contributed by atoms with Gasteiger partial charge in [-0.05, 0) is 55.2 Å². The number of amides is 5. The van der Waals surface area contributed by atoms with Gasteiger partial charge in [0.1, 0.15) is 47.5 Å². The molecule has 270 valence electrons. The fourth-order valence-electron chi connectivity index (χ4n) is 5.89.